The number of hydrogen-bond donors (Lipinski definition) is 0. The molecule has 0 heterocycles. The van der Waals surface area contributed by atoms with Crippen molar-refractivity contribution in [2.45, 2.75) is 63.2 Å². The molecule has 0 amide bonds. The van der Waals surface area contributed by atoms with Gasteiger partial charge in [-0.1, -0.05) is 76.2 Å². The Morgan fingerprint density at radius 1 is 0.514 bits per heavy atom. The van der Waals surface area contributed by atoms with Crippen LogP contribution in [0.1, 0.15) is 49.9 Å². The Morgan fingerprint density at radius 3 is 1.14 bits per heavy atom. The van der Waals surface area contributed by atoms with Crippen LogP contribution in [0.2, 0.25) is 0 Å². The maximum atomic E-state index is 11.2. The van der Waals surface area contributed by atoms with E-state index in [9.17, 15) is 25.9 Å². The fourth-order valence-corrected chi connectivity index (χ4v) is 5.71. The summed E-state index contributed by atoms with van der Waals surface area (Å²) >= 11 is 0. The molecule has 4 aromatic carbocycles. The smallest absolute Gasteiger partial charge is 0.744 e. The molecule has 0 radical (unpaired) electrons. The normalized spacial score (nSPS) is 11.6. The number of aryl methyl sites for hydroxylation is 4. The standard InChI is InChI=1S/2C14H16O3S.Ca/c2*1-3-10-5-7-12-13(9-10)11(4-2)6-8-14(12)18(15,16)17;/h2*5-9H,3-4H2,1-2H3,(H,15,16,17);/q;;+2/p-2. The van der Waals surface area contributed by atoms with Crippen molar-refractivity contribution in [1.82, 2.24) is 0 Å². The molecule has 192 valence electrons. The van der Waals surface area contributed by atoms with Crippen molar-refractivity contribution in [1.29, 1.82) is 0 Å². The molecule has 0 spiro atoms. The average Bonchev–Trinajstić information content (AvgIpc) is 2.85. The van der Waals surface area contributed by atoms with E-state index in [4.69, 9.17) is 0 Å². The third-order valence-corrected chi connectivity index (χ3v) is 8.17. The molecule has 4 rings (SSSR count). The maximum absolute atomic E-state index is 11.2. The van der Waals surface area contributed by atoms with Gasteiger partial charge in [-0.2, -0.15) is 0 Å². The van der Waals surface area contributed by atoms with Crippen LogP contribution < -0.4 is 0 Å². The zero-order chi connectivity index (χ0) is 26.7. The van der Waals surface area contributed by atoms with Crippen LogP contribution in [0.3, 0.4) is 0 Å². The molecule has 37 heavy (non-hydrogen) atoms. The number of fused-ring (bicyclic) bond motifs is 2. The summed E-state index contributed by atoms with van der Waals surface area (Å²) < 4.78 is 67.5. The Labute approximate surface area is 249 Å². The van der Waals surface area contributed by atoms with Crippen molar-refractivity contribution in [2.75, 3.05) is 0 Å². The predicted molar refractivity (Wildman–Crippen MR) is 147 cm³/mol. The van der Waals surface area contributed by atoms with Gasteiger partial charge < -0.3 is 9.11 Å². The van der Waals surface area contributed by atoms with Crippen molar-refractivity contribution >= 4 is 79.5 Å². The van der Waals surface area contributed by atoms with Crippen molar-refractivity contribution in [3.8, 4) is 0 Å². The summed E-state index contributed by atoms with van der Waals surface area (Å²) in [5.41, 5.74) is 4.40. The van der Waals surface area contributed by atoms with E-state index >= 15 is 0 Å². The van der Waals surface area contributed by atoms with E-state index in [2.05, 4.69) is 0 Å². The summed E-state index contributed by atoms with van der Waals surface area (Å²) in [6, 6.07) is 17.4. The molecular weight excluding hydrogens is 537 g/mol. The van der Waals surface area contributed by atoms with E-state index in [1.807, 2.05) is 52.0 Å². The summed E-state index contributed by atoms with van der Waals surface area (Å²) in [5.74, 6) is 0. The van der Waals surface area contributed by atoms with Crippen LogP contribution >= 0.6 is 0 Å². The number of hydrogen-bond acceptors (Lipinski definition) is 6. The molecule has 0 fully saturated rings. The predicted octanol–water partition coefficient (Wildman–Crippen LogP) is 5.36. The zero-order valence-electron chi connectivity index (χ0n) is 21.6. The second kappa shape index (κ2) is 13.0. The van der Waals surface area contributed by atoms with Crippen molar-refractivity contribution in [2.24, 2.45) is 0 Å². The van der Waals surface area contributed by atoms with Gasteiger partial charge in [0.15, 0.2) is 0 Å². The van der Waals surface area contributed by atoms with Gasteiger partial charge in [-0.25, -0.2) is 16.8 Å². The van der Waals surface area contributed by atoms with Crippen LogP contribution in [-0.2, 0) is 45.9 Å². The molecule has 0 saturated heterocycles. The first-order valence-electron chi connectivity index (χ1n) is 11.9. The van der Waals surface area contributed by atoms with E-state index in [0.29, 0.717) is 10.8 Å². The van der Waals surface area contributed by atoms with Crippen LogP contribution in [0.25, 0.3) is 21.5 Å². The van der Waals surface area contributed by atoms with E-state index in [1.165, 1.54) is 12.1 Å². The third kappa shape index (κ3) is 7.32. The molecule has 9 heteroatoms. The maximum Gasteiger partial charge on any atom is 2.00 e. The van der Waals surface area contributed by atoms with Gasteiger partial charge >= 0.3 is 37.7 Å². The second-order valence-corrected chi connectivity index (χ2v) is 11.2. The molecule has 0 aliphatic carbocycles. The van der Waals surface area contributed by atoms with Crippen LogP contribution in [0.5, 0.6) is 0 Å². The van der Waals surface area contributed by atoms with Crippen molar-refractivity contribution in [3.63, 3.8) is 0 Å². The van der Waals surface area contributed by atoms with E-state index in [1.54, 1.807) is 24.3 Å². The molecule has 0 unspecified atom stereocenters. The topological polar surface area (TPSA) is 114 Å². The first kappa shape index (κ1) is 31.7. The van der Waals surface area contributed by atoms with Crippen LogP contribution in [0.15, 0.2) is 70.5 Å². The third-order valence-electron chi connectivity index (χ3n) is 6.38. The van der Waals surface area contributed by atoms with Gasteiger partial charge in [0, 0.05) is 0 Å². The van der Waals surface area contributed by atoms with E-state index in [-0.39, 0.29) is 47.5 Å². The summed E-state index contributed by atoms with van der Waals surface area (Å²) in [7, 11) is -8.85. The fraction of sp³-hybridized carbons (Fsp3) is 0.286. The Kier molecular flexibility index (Phi) is 11.2. The minimum Gasteiger partial charge on any atom is -0.744 e. The van der Waals surface area contributed by atoms with Crippen molar-refractivity contribution in [3.05, 3.63) is 82.9 Å². The quantitative estimate of drug-likeness (QED) is 0.229. The van der Waals surface area contributed by atoms with Gasteiger partial charge in [0.05, 0.1) is 9.79 Å². The minimum absolute atomic E-state index is 0. The fourth-order valence-electron chi connectivity index (χ4n) is 4.35. The summed E-state index contributed by atoms with van der Waals surface area (Å²) in [6.45, 7) is 8.11. The SMILES string of the molecule is CCc1ccc2c(S(=O)(=O)[O-])ccc(CC)c2c1.CCc1ccc2c(S(=O)(=O)[O-])ccc(CC)c2c1.[Ca+2]. The molecule has 0 saturated carbocycles. The van der Waals surface area contributed by atoms with Gasteiger partial charge in [0.25, 0.3) is 0 Å². The number of rotatable bonds is 6. The second-order valence-electron chi connectivity index (χ2n) is 8.53. The first-order chi connectivity index (χ1) is 16.9. The monoisotopic (exact) mass is 566 g/mol. The van der Waals surface area contributed by atoms with Gasteiger partial charge in [-0.05, 0) is 81.6 Å². The van der Waals surface area contributed by atoms with E-state index in [0.717, 1.165) is 58.7 Å². The minimum atomic E-state index is -4.42. The van der Waals surface area contributed by atoms with Crippen molar-refractivity contribution < 1.29 is 25.9 Å². The molecule has 6 nitrogen and oxygen atoms in total. The zero-order valence-corrected chi connectivity index (χ0v) is 25.4. The molecule has 0 aliphatic heterocycles. The van der Waals surface area contributed by atoms with Crippen LogP contribution in [0, 0.1) is 0 Å². The molecule has 4 aromatic rings. The van der Waals surface area contributed by atoms with Crippen LogP contribution in [-0.4, -0.2) is 63.7 Å². The molecule has 0 atom stereocenters. The number of benzene rings is 4. The average molecular weight is 567 g/mol. The van der Waals surface area contributed by atoms with Gasteiger partial charge in [0.1, 0.15) is 20.2 Å². The molecule has 0 bridgehead atoms. The Balaban J connectivity index is 0.000000253. The first-order valence-corrected chi connectivity index (χ1v) is 14.8. The largest absolute Gasteiger partial charge is 2.00 e. The Bertz CT molecular complexity index is 1500. The van der Waals surface area contributed by atoms with Gasteiger partial charge in [-0.3, -0.25) is 0 Å². The Morgan fingerprint density at radius 2 is 0.865 bits per heavy atom. The van der Waals surface area contributed by atoms with Crippen LogP contribution in [0.4, 0.5) is 0 Å². The Hall–Kier alpha value is -1.52. The molecular formula is C28H30CaO6S2. The molecule has 0 N–H and O–H groups in total. The summed E-state index contributed by atoms with van der Waals surface area (Å²) in [6.07, 6.45) is 3.38. The molecule has 0 aromatic heterocycles. The van der Waals surface area contributed by atoms with Gasteiger partial charge in [0.2, 0.25) is 0 Å². The van der Waals surface area contributed by atoms with Gasteiger partial charge in [-0.15, -0.1) is 0 Å². The summed E-state index contributed by atoms with van der Waals surface area (Å²) in [5, 5.41) is 2.80. The summed E-state index contributed by atoms with van der Waals surface area (Å²) in [4.78, 5) is -0.255. The molecule has 0 aliphatic rings. The van der Waals surface area contributed by atoms with E-state index < -0.39 is 20.2 Å².